The van der Waals surface area contributed by atoms with Gasteiger partial charge in [-0.2, -0.15) is 0 Å². The van der Waals surface area contributed by atoms with Gasteiger partial charge < -0.3 is 15.4 Å². The predicted molar refractivity (Wildman–Crippen MR) is 83.7 cm³/mol. The molecule has 0 radical (unpaired) electrons. The Labute approximate surface area is 127 Å². The molecule has 3 nitrogen and oxygen atoms in total. The minimum atomic E-state index is -0.168. The summed E-state index contributed by atoms with van der Waals surface area (Å²) < 4.78 is 19.0. The molecule has 118 valence electrons. The Morgan fingerprint density at radius 2 is 2.10 bits per heavy atom. The van der Waals surface area contributed by atoms with Crippen LogP contribution < -0.4 is 5.73 Å². The van der Waals surface area contributed by atoms with Gasteiger partial charge in [0.25, 0.3) is 0 Å². The van der Waals surface area contributed by atoms with E-state index in [-0.39, 0.29) is 11.9 Å². The van der Waals surface area contributed by atoms with E-state index >= 15 is 0 Å². The van der Waals surface area contributed by atoms with E-state index in [4.69, 9.17) is 10.5 Å². The predicted octanol–water partition coefficient (Wildman–Crippen LogP) is 2.88. The van der Waals surface area contributed by atoms with Crippen molar-refractivity contribution in [3.63, 3.8) is 0 Å². The number of nitrogens with two attached hydrogens (primary N) is 1. The van der Waals surface area contributed by atoms with Crippen molar-refractivity contribution < 1.29 is 9.13 Å². The van der Waals surface area contributed by atoms with Crippen molar-refractivity contribution in [1.29, 1.82) is 0 Å². The molecule has 1 atom stereocenters. The van der Waals surface area contributed by atoms with Crippen molar-refractivity contribution >= 4 is 0 Å². The van der Waals surface area contributed by atoms with Crippen LogP contribution in [0.2, 0.25) is 0 Å². The van der Waals surface area contributed by atoms with Gasteiger partial charge in [0, 0.05) is 25.8 Å². The molecule has 1 saturated heterocycles. The number of ether oxygens (including phenoxy) is 1. The summed E-state index contributed by atoms with van der Waals surface area (Å²) in [5.74, 6) is 0.565. The highest BCUT2D eigenvalue weighted by molar-refractivity contribution is 5.25. The summed E-state index contributed by atoms with van der Waals surface area (Å²) in [5, 5.41) is 0. The first-order valence-corrected chi connectivity index (χ1v) is 7.84. The second-order valence-corrected chi connectivity index (χ2v) is 6.22. The zero-order valence-corrected chi connectivity index (χ0v) is 13.1. The van der Waals surface area contributed by atoms with E-state index in [1.165, 1.54) is 0 Å². The molecule has 1 aliphatic rings. The second kappa shape index (κ2) is 7.87. The molecule has 1 heterocycles. The minimum absolute atomic E-state index is 0.0998. The molecular weight excluding hydrogens is 267 g/mol. The molecule has 0 aromatic heterocycles. The standard InChI is InChI=1S/C17H27FN2O/c1-13-3-4-15(11-16(13)18)17(19)5-8-20(2)12-14-6-9-21-10-7-14/h3-4,11,14,17H,5-10,12,19H2,1-2H3. The Morgan fingerprint density at radius 3 is 2.76 bits per heavy atom. The van der Waals surface area contributed by atoms with Gasteiger partial charge in [-0.05, 0) is 62.9 Å². The van der Waals surface area contributed by atoms with Gasteiger partial charge in [-0.3, -0.25) is 0 Å². The smallest absolute Gasteiger partial charge is 0.126 e. The summed E-state index contributed by atoms with van der Waals surface area (Å²) in [6, 6.07) is 5.20. The van der Waals surface area contributed by atoms with Crippen LogP contribution >= 0.6 is 0 Å². The number of nitrogens with zero attached hydrogens (tertiary/aromatic N) is 1. The molecule has 2 N–H and O–H groups in total. The molecule has 4 heteroatoms. The Bertz CT molecular complexity index is 446. The van der Waals surface area contributed by atoms with Crippen molar-refractivity contribution in [3.8, 4) is 0 Å². The fraction of sp³-hybridized carbons (Fsp3) is 0.647. The zero-order valence-electron chi connectivity index (χ0n) is 13.1. The van der Waals surface area contributed by atoms with Gasteiger partial charge in [0.2, 0.25) is 0 Å². The first-order chi connectivity index (χ1) is 10.1. The fourth-order valence-electron chi connectivity index (χ4n) is 2.83. The third-order valence-corrected chi connectivity index (χ3v) is 4.36. The molecule has 1 fully saturated rings. The molecule has 2 rings (SSSR count). The SMILES string of the molecule is Cc1ccc(C(N)CCN(C)CC2CCOCC2)cc1F. The van der Waals surface area contributed by atoms with E-state index in [1.807, 2.05) is 6.07 Å². The maximum atomic E-state index is 13.6. The number of hydrogen-bond acceptors (Lipinski definition) is 3. The first kappa shape index (κ1) is 16.4. The molecule has 1 aliphatic heterocycles. The van der Waals surface area contributed by atoms with Crippen LogP contribution in [0.4, 0.5) is 4.39 Å². The van der Waals surface area contributed by atoms with Gasteiger partial charge in [0.05, 0.1) is 0 Å². The molecule has 0 saturated carbocycles. The molecule has 0 aliphatic carbocycles. The highest BCUT2D eigenvalue weighted by Gasteiger charge is 2.16. The maximum absolute atomic E-state index is 13.6. The van der Waals surface area contributed by atoms with Crippen LogP contribution in [0, 0.1) is 18.7 Å². The van der Waals surface area contributed by atoms with E-state index in [0.29, 0.717) is 5.56 Å². The molecule has 1 unspecified atom stereocenters. The monoisotopic (exact) mass is 294 g/mol. The van der Waals surface area contributed by atoms with Crippen molar-refractivity contribution in [2.24, 2.45) is 11.7 Å². The van der Waals surface area contributed by atoms with Crippen LogP contribution in [0.15, 0.2) is 18.2 Å². The number of hydrogen-bond donors (Lipinski definition) is 1. The fourth-order valence-corrected chi connectivity index (χ4v) is 2.83. The Hall–Kier alpha value is -0.970. The van der Waals surface area contributed by atoms with Crippen LogP contribution in [0.5, 0.6) is 0 Å². The lowest BCUT2D eigenvalue weighted by atomic mass is 9.99. The number of aryl methyl sites for hydroxylation is 1. The summed E-state index contributed by atoms with van der Waals surface area (Å²) in [6.45, 7) is 5.58. The van der Waals surface area contributed by atoms with E-state index in [9.17, 15) is 4.39 Å². The first-order valence-electron chi connectivity index (χ1n) is 7.84. The highest BCUT2D eigenvalue weighted by Crippen LogP contribution is 2.19. The van der Waals surface area contributed by atoms with Crippen molar-refractivity contribution in [1.82, 2.24) is 4.90 Å². The second-order valence-electron chi connectivity index (χ2n) is 6.22. The Morgan fingerprint density at radius 1 is 1.38 bits per heavy atom. The number of benzene rings is 1. The van der Waals surface area contributed by atoms with Crippen molar-refractivity contribution in [2.45, 2.75) is 32.2 Å². The lowest BCUT2D eigenvalue weighted by Gasteiger charge is -2.27. The van der Waals surface area contributed by atoms with Crippen molar-refractivity contribution in [3.05, 3.63) is 35.1 Å². The summed E-state index contributed by atoms with van der Waals surface area (Å²) >= 11 is 0. The van der Waals surface area contributed by atoms with Gasteiger partial charge in [-0.1, -0.05) is 12.1 Å². The summed E-state index contributed by atoms with van der Waals surface area (Å²) in [7, 11) is 2.14. The minimum Gasteiger partial charge on any atom is -0.381 e. The summed E-state index contributed by atoms with van der Waals surface area (Å²) in [5.41, 5.74) is 7.74. The average molecular weight is 294 g/mol. The van der Waals surface area contributed by atoms with Crippen molar-refractivity contribution in [2.75, 3.05) is 33.4 Å². The van der Waals surface area contributed by atoms with E-state index in [2.05, 4.69) is 11.9 Å². The average Bonchev–Trinajstić information content (AvgIpc) is 2.48. The molecule has 1 aromatic rings. The normalized spacial score (nSPS) is 18.1. The molecule has 0 bridgehead atoms. The van der Waals surface area contributed by atoms with Crippen LogP contribution in [0.25, 0.3) is 0 Å². The van der Waals surface area contributed by atoms with E-state index in [0.717, 1.165) is 57.0 Å². The topological polar surface area (TPSA) is 38.5 Å². The highest BCUT2D eigenvalue weighted by atomic mass is 19.1. The summed E-state index contributed by atoms with van der Waals surface area (Å²) in [6.07, 6.45) is 3.15. The van der Waals surface area contributed by atoms with Gasteiger partial charge >= 0.3 is 0 Å². The van der Waals surface area contributed by atoms with E-state index in [1.54, 1.807) is 19.1 Å². The van der Waals surface area contributed by atoms with E-state index < -0.39 is 0 Å². The number of halogens is 1. The Balaban J connectivity index is 1.77. The largest absolute Gasteiger partial charge is 0.381 e. The molecule has 0 spiro atoms. The molecular formula is C17H27FN2O. The maximum Gasteiger partial charge on any atom is 0.126 e. The lowest BCUT2D eigenvalue weighted by molar-refractivity contribution is 0.0554. The third-order valence-electron chi connectivity index (χ3n) is 4.36. The molecule has 21 heavy (non-hydrogen) atoms. The molecule has 1 aromatic carbocycles. The molecule has 0 amide bonds. The Kier molecular flexibility index (Phi) is 6.15. The number of rotatable bonds is 6. The van der Waals surface area contributed by atoms with Crippen LogP contribution in [-0.4, -0.2) is 38.3 Å². The van der Waals surface area contributed by atoms with Gasteiger partial charge in [-0.25, -0.2) is 4.39 Å². The van der Waals surface area contributed by atoms with Gasteiger partial charge in [0.15, 0.2) is 0 Å². The van der Waals surface area contributed by atoms with Crippen LogP contribution in [-0.2, 0) is 4.74 Å². The van der Waals surface area contributed by atoms with Crippen LogP contribution in [0.3, 0.4) is 0 Å². The third kappa shape index (κ3) is 5.06. The zero-order chi connectivity index (χ0) is 15.2. The van der Waals surface area contributed by atoms with Crippen LogP contribution in [0.1, 0.15) is 36.4 Å². The quantitative estimate of drug-likeness (QED) is 0.877. The lowest BCUT2D eigenvalue weighted by Crippen LogP contribution is -2.31. The van der Waals surface area contributed by atoms with Gasteiger partial charge in [0.1, 0.15) is 5.82 Å². The summed E-state index contributed by atoms with van der Waals surface area (Å²) in [4.78, 5) is 2.33. The van der Waals surface area contributed by atoms with Gasteiger partial charge in [-0.15, -0.1) is 0 Å².